The van der Waals surface area contributed by atoms with Crippen LogP contribution in [0.5, 0.6) is 0 Å². The van der Waals surface area contributed by atoms with Crippen LogP contribution < -0.4 is 5.73 Å². The van der Waals surface area contributed by atoms with Crippen LogP contribution in [0, 0.1) is 0 Å². The number of nitrogens with zero attached hydrogens (tertiary/aromatic N) is 1. The van der Waals surface area contributed by atoms with Crippen molar-refractivity contribution in [2.24, 2.45) is 0 Å². The van der Waals surface area contributed by atoms with Gasteiger partial charge in [-0.15, -0.1) is 11.3 Å². The lowest BCUT2D eigenvalue weighted by molar-refractivity contribution is 1.14. The zero-order valence-electron chi connectivity index (χ0n) is 10.2. The van der Waals surface area contributed by atoms with Gasteiger partial charge in [0.2, 0.25) is 0 Å². The molecule has 3 heteroatoms. The molecule has 0 saturated carbocycles. The smallest absolute Gasteiger partial charge is 0.124 e. The zero-order chi connectivity index (χ0) is 12.5. The molecule has 2 N–H and O–H groups in total. The number of aryl methyl sites for hydroxylation is 1. The first-order chi connectivity index (χ1) is 8.78. The molecule has 3 aromatic rings. The Bertz CT molecular complexity index is 701. The van der Waals surface area contributed by atoms with E-state index >= 15 is 0 Å². The number of benzene rings is 2. The fraction of sp³-hybridized carbons (Fsp3) is 0.133. The van der Waals surface area contributed by atoms with E-state index in [4.69, 9.17) is 10.7 Å². The molecule has 0 aliphatic carbocycles. The lowest BCUT2D eigenvalue weighted by Crippen LogP contribution is -1.85. The summed E-state index contributed by atoms with van der Waals surface area (Å²) >= 11 is 1.70. The van der Waals surface area contributed by atoms with Gasteiger partial charge in [0.1, 0.15) is 5.01 Å². The van der Waals surface area contributed by atoms with Crippen molar-refractivity contribution in [3.05, 3.63) is 48.0 Å². The molecule has 0 radical (unpaired) electrons. The molecule has 0 amide bonds. The van der Waals surface area contributed by atoms with E-state index < -0.39 is 0 Å². The van der Waals surface area contributed by atoms with Crippen LogP contribution in [0.2, 0.25) is 0 Å². The number of hydrogen-bond acceptors (Lipinski definition) is 3. The molecule has 2 nitrogen and oxygen atoms in total. The van der Waals surface area contributed by atoms with Crippen molar-refractivity contribution in [1.29, 1.82) is 0 Å². The summed E-state index contributed by atoms with van der Waals surface area (Å²) in [5.41, 5.74) is 10.2. The van der Waals surface area contributed by atoms with E-state index in [2.05, 4.69) is 31.2 Å². The average Bonchev–Trinajstić information content (AvgIpc) is 2.81. The topological polar surface area (TPSA) is 38.9 Å². The van der Waals surface area contributed by atoms with Gasteiger partial charge in [0.25, 0.3) is 0 Å². The molecule has 90 valence electrons. The third-order valence-electron chi connectivity index (χ3n) is 3.04. The van der Waals surface area contributed by atoms with Crippen molar-refractivity contribution in [3.8, 4) is 10.6 Å². The van der Waals surface area contributed by atoms with Crippen LogP contribution >= 0.6 is 11.3 Å². The number of thiazole rings is 1. The largest absolute Gasteiger partial charge is 0.399 e. The van der Waals surface area contributed by atoms with E-state index in [1.54, 1.807) is 11.3 Å². The number of rotatable bonds is 2. The van der Waals surface area contributed by atoms with Crippen LogP contribution in [0.15, 0.2) is 42.5 Å². The number of fused-ring (bicyclic) bond motifs is 1. The number of nitrogens with two attached hydrogens (primary N) is 1. The molecule has 0 saturated heterocycles. The quantitative estimate of drug-likeness (QED) is 0.699. The Kier molecular flexibility index (Phi) is 2.76. The molecule has 1 heterocycles. The number of aromatic nitrogens is 1. The highest BCUT2D eigenvalue weighted by Crippen LogP contribution is 2.33. The lowest BCUT2D eigenvalue weighted by Gasteiger charge is -2.03. The molecule has 0 fully saturated rings. The second kappa shape index (κ2) is 4.42. The van der Waals surface area contributed by atoms with Crippen molar-refractivity contribution >= 4 is 27.2 Å². The minimum atomic E-state index is 0.793. The van der Waals surface area contributed by atoms with Gasteiger partial charge in [-0.1, -0.05) is 31.2 Å². The van der Waals surface area contributed by atoms with Crippen LogP contribution in [-0.4, -0.2) is 4.98 Å². The summed E-state index contributed by atoms with van der Waals surface area (Å²) in [7, 11) is 0. The predicted octanol–water partition coefficient (Wildman–Crippen LogP) is 4.11. The first kappa shape index (κ1) is 11.2. The maximum Gasteiger partial charge on any atom is 0.124 e. The molecule has 0 aliphatic rings. The van der Waals surface area contributed by atoms with Gasteiger partial charge in [-0.2, -0.15) is 0 Å². The van der Waals surface area contributed by atoms with Crippen molar-refractivity contribution < 1.29 is 0 Å². The monoisotopic (exact) mass is 254 g/mol. The van der Waals surface area contributed by atoms with Crippen LogP contribution in [0.3, 0.4) is 0 Å². The standard InChI is InChI=1S/C15H14N2S/c1-2-10-5-3-4-6-12(10)15-17-13-8-7-11(16)9-14(13)18-15/h3-9H,2,16H2,1H3. The van der Waals surface area contributed by atoms with Gasteiger partial charge in [-0.3, -0.25) is 0 Å². The minimum absolute atomic E-state index is 0.793. The van der Waals surface area contributed by atoms with Crippen LogP contribution in [0.1, 0.15) is 12.5 Å². The normalized spacial score (nSPS) is 10.9. The second-order valence-electron chi connectivity index (χ2n) is 4.26. The fourth-order valence-electron chi connectivity index (χ4n) is 2.09. The van der Waals surface area contributed by atoms with E-state index in [0.717, 1.165) is 27.3 Å². The highest BCUT2D eigenvalue weighted by atomic mass is 32.1. The Morgan fingerprint density at radius 1 is 1.17 bits per heavy atom. The van der Waals surface area contributed by atoms with Crippen molar-refractivity contribution in [3.63, 3.8) is 0 Å². The van der Waals surface area contributed by atoms with E-state index in [1.165, 1.54) is 11.1 Å². The summed E-state index contributed by atoms with van der Waals surface area (Å²) in [5, 5.41) is 1.08. The molecule has 0 aliphatic heterocycles. The average molecular weight is 254 g/mol. The molecule has 0 atom stereocenters. The summed E-state index contributed by atoms with van der Waals surface area (Å²) < 4.78 is 1.15. The Morgan fingerprint density at radius 2 is 2.00 bits per heavy atom. The van der Waals surface area contributed by atoms with E-state index in [-0.39, 0.29) is 0 Å². The molecule has 0 spiro atoms. The van der Waals surface area contributed by atoms with Crippen LogP contribution in [0.4, 0.5) is 5.69 Å². The highest BCUT2D eigenvalue weighted by Gasteiger charge is 2.09. The summed E-state index contributed by atoms with van der Waals surface area (Å²) in [6.45, 7) is 2.17. The number of nitrogen functional groups attached to an aromatic ring is 1. The van der Waals surface area contributed by atoms with Crippen LogP contribution in [-0.2, 0) is 6.42 Å². The van der Waals surface area contributed by atoms with Crippen molar-refractivity contribution in [1.82, 2.24) is 4.98 Å². The van der Waals surface area contributed by atoms with Crippen molar-refractivity contribution in [2.45, 2.75) is 13.3 Å². The van der Waals surface area contributed by atoms with Gasteiger partial charge in [0, 0.05) is 11.3 Å². The Hall–Kier alpha value is -1.87. The highest BCUT2D eigenvalue weighted by molar-refractivity contribution is 7.21. The minimum Gasteiger partial charge on any atom is -0.399 e. The third-order valence-corrected chi connectivity index (χ3v) is 4.09. The van der Waals surface area contributed by atoms with Gasteiger partial charge in [0.05, 0.1) is 10.2 Å². The molecular formula is C15H14N2S. The number of hydrogen-bond donors (Lipinski definition) is 1. The summed E-state index contributed by atoms with van der Waals surface area (Å²) in [6.07, 6.45) is 1.02. The van der Waals surface area contributed by atoms with E-state index in [9.17, 15) is 0 Å². The summed E-state index contributed by atoms with van der Waals surface area (Å²) in [6, 6.07) is 14.3. The fourth-order valence-corrected chi connectivity index (χ4v) is 3.17. The molecule has 3 rings (SSSR count). The Morgan fingerprint density at radius 3 is 2.83 bits per heavy atom. The first-order valence-corrected chi connectivity index (χ1v) is 6.84. The Balaban J connectivity index is 2.19. The van der Waals surface area contributed by atoms with E-state index in [0.29, 0.717) is 0 Å². The zero-order valence-corrected chi connectivity index (χ0v) is 11.0. The molecule has 0 unspecified atom stereocenters. The SMILES string of the molecule is CCc1ccccc1-c1nc2ccc(N)cc2s1. The van der Waals surface area contributed by atoms with Crippen molar-refractivity contribution in [2.75, 3.05) is 5.73 Å². The summed E-state index contributed by atoms with van der Waals surface area (Å²) in [5.74, 6) is 0. The second-order valence-corrected chi connectivity index (χ2v) is 5.29. The van der Waals surface area contributed by atoms with Gasteiger partial charge in [-0.25, -0.2) is 4.98 Å². The molecule has 0 bridgehead atoms. The molecule has 2 aromatic carbocycles. The van der Waals surface area contributed by atoms with E-state index in [1.807, 2.05) is 18.2 Å². The maximum atomic E-state index is 5.81. The molecule has 18 heavy (non-hydrogen) atoms. The van der Waals surface area contributed by atoms with Gasteiger partial charge in [-0.05, 0) is 30.2 Å². The summed E-state index contributed by atoms with van der Waals surface area (Å²) in [4.78, 5) is 4.70. The maximum absolute atomic E-state index is 5.81. The third kappa shape index (κ3) is 1.87. The van der Waals surface area contributed by atoms with Gasteiger partial charge in [0.15, 0.2) is 0 Å². The van der Waals surface area contributed by atoms with Gasteiger partial charge < -0.3 is 5.73 Å². The van der Waals surface area contributed by atoms with Gasteiger partial charge >= 0.3 is 0 Å². The van der Waals surface area contributed by atoms with Crippen LogP contribution in [0.25, 0.3) is 20.8 Å². The first-order valence-electron chi connectivity index (χ1n) is 6.02. The predicted molar refractivity (Wildman–Crippen MR) is 78.8 cm³/mol. The Labute approximate surface area is 110 Å². The number of anilines is 1. The lowest BCUT2D eigenvalue weighted by atomic mass is 10.1. The molecule has 1 aromatic heterocycles. The molecular weight excluding hydrogens is 240 g/mol.